The molecule has 12 heavy (non-hydrogen) atoms. The predicted octanol–water partition coefficient (Wildman–Crippen LogP) is 0.580. The quantitative estimate of drug-likeness (QED) is 0.660. The topological polar surface area (TPSA) is 55.4 Å². The summed E-state index contributed by atoms with van der Waals surface area (Å²) < 4.78 is 0. The van der Waals surface area contributed by atoms with Gasteiger partial charge >= 0.3 is 0 Å². The Bertz CT molecular complexity index is 172. The average Bonchev–Trinajstić information content (AvgIpc) is 2.00. The Morgan fingerprint density at radius 2 is 2.17 bits per heavy atom. The minimum atomic E-state index is -0.209. The molecule has 0 unspecified atom stereocenters. The first-order valence-electron chi connectivity index (χ1n) is 3.54. The molecule has 0 aliphatic carbocycles. The molecule has 0 fully saturated rings. The maximum Gasteiger partial charge on any atom is 0.247 e. The number of nitrogens with one attached hydrogen (secondary N) is 1. The van der Waals surface area contributed by atoms with Crippen LogP contribution >= 0.6 is 11.8 Å². The van der Waals surface area contributed by atoms with E-state index in [0.29, 0.717) is 5.75 Å². The number of rotatable bonds is 4. The van der Waals surface area contributed by atoms with E-state index in [0.717, 1.165) is 11.8 Å². The molecule has 0 aromatic carbocycles. The molecule has 0 aromatic heterocycles. The van der Waals surface area contributed by atoms with Crippen LogP contribution in [0.2, 0.25) is 0 Å². The summed E-state index contributed by atoms with van der Waals surface area (Å²) in [5, 5.41) is 0.0204. The lowest BCUT2D eigenvalue weighted by Gasteiger charge is -2.08. The molecular formula is C7H13NO3S. The molecule has 4 nitrogen and oxygen atoms in total. The second-order valence-electron chi connectivity index (χ2n) is 2.37. The molecule has 0 spiro atoms. The van der Waals surface area contributed by atoms with Gasteiger partial charge in [0.2, 0.25) is 5.91 Å². The van der Waals surface area contributed by atoms with Gasteiger partial charge in [0.05, 0.1) is 7.11 Å². The van der Waals surface area contributed by atoms with Crippen molar-refractivity contribution in [3.05, 3.63) is 0 Å². The van der Waals surface area contributed by atoms with Gasteiger partial charge in [-0.2, -0.15) is 0 Å². The number of hydroxylamine groups is 1. The highest BCUT2D eigenvalue weighted by Gasteiger charge is 2.12. The molecule has 0 rings (SSSR count). The van der Waals surface area contributed by atoms with Crippen LogP contribution in [-0.4, -0.2) is 23.9 Å². The Labute approximate surface area is 76.0 Å². The maximum atomic E-state index is 11.0. The van der Waals surface area contributed by atoms with Gasteiger partial charge in [0.1, 0.15) is 0 Å². The first-order valence-corrected chi connectivity index (χ1v) is 4.52. The molecule has 1 amide bonds. The monoisotopic (exact) mass is 191 g/mol. The van der Waals surface area contributed by atoms with E-state index >= 15 is 0 Å². The number of hydrogen-bond donors (Lipinski definition) is 1. The largest absolute Gasteiger partial charge is 0.288 e. The predicted molar refractivity (Wildman–Crippen MR) is 47.5 cm³/mol. The highest BCUT2D eigenvalue weighted by atomic mass is 32.2. The van der Waals surface area contributed by atoms with Gasteiger partial charge in [0.15, 0.2) is 5.12 Å². The highest BCUT2D eigenvalue weighted by Crippen LogP contribution is 2.08. The summed E-state index contributed by atoms with van der Waals surface area (Å²) in [5.74, 6) is 0.0787. The zero-order valence-electron chi connectivity index (χ0n) is 7.42. The number of hydrogen-bond acceptors (Lipinski definition) is 4. The Morgan fingerprint density at radius 3 is 2.58 bits per heavy atom. The molecule has 0 aromatic rings. The zero-order chi connectivity index (χ0) is 9.56. The van der Waals surface area contributed by atoms with Gasteiger partial charge < -0.3 is 0 Å². The van der Waals surface area contributed by atoms with Crippen molar-refractivity contribution in [2.75, 3.05) is 12.9 Å². The average molecular weight is 191 g/mol. The fraction of sp³-hybridized carbons (Fsp3) is 0.714. The normalized spacial score (nSPS) is 12.2. The van der Waals surface area contributed by atoms with Crippen LogP contribution < -0.4 is 5.48 Å². The molecular weight excluding hydrogens is 178 g/mol. The first-order chi connectivity index (χ1) is 5.57. The molecule has 0 saturated carbocycles. The second-order valence-corrected chi connectivity index (χ2v) is 3.57. The van der Waals surface area contributed by atoms with Crippen molar-refractivity contribution in [3.63, 3.8) is 0 Å². The van der Waals surface area contributed by atoms with Crippen LogP contribution in [-0.2, 0) is 14.4 Å². The van der Waals surface area contributed by atoms with E-state index < -0.39 is 0 Å². The van der Waals surface area contributed by atoms with Crippen molar-refractivity contribution in [1.82, 2.24) is 5.48 Å². The molecule has 0 radical (unpaired) electrons. The minimum absolute atomic E-state index is 0.0204. The van der Waals surface area contributed by atoms with E-state index in [1.807, 2.05) is 0 Å². The first kappa shape index (κ1) is 11.4. The summed E-state index contributed by atoms with van der Waals surface area (Å²) in [6.45, 7) is 3.22. The molecule has 0 heterocycles. The molecule has 0 aliphatic rings. The van der Waals surface area contributed by atoms with Gasteiger partial charge in [-0.3, -0.25) is 14.4 Å². The van der Waals surface area contributed by atoms with E-state index in [2.05, 4.69) is 10.3 Å². The Balaban J connectivity index is 3.63. The molecule has 0 bridgehead atoms. The van der Waals surface area contributed by atoms with Crippen LogP contribution in [0.1, 0.15) is 13.8 Å². The van der Waals surface area contributed by atoms with Crippen molar-refractivity contribution in [2.24, 2.45) is 5.92 Å². The maximum absolute atomic E-state index is 11.0. The van der Waals surface area contributed by atoms with Gasteiger partial charge in [-0.1, -0.05) is 18.7 Å². The van der Waals surface area contributed by atoms with Gasteiger partial charge in [-0.25, -0.2) is 5.48 Å². The van der Waals surface area contributed by atoms with E-state index in [-0.39, 0.29) is 16.9 Å². The number of carbonyl (C=O) groups excluding carboxylic acids is 2. The van der Waals surface area contributed by atoms with Gasteiger partial charge in [0.25, 0.3) is 0 Å². The third-order valence-corrected chi connectivity index (χ3v) is 2.26. The van der Waals surface area contributed by atoms with Crippen LogP contribution in [0.15, 0.2) is 0 Å². The van der Waals surface area contributed by atoms with E-state index in [1.165, 1.54) is 14.0 Å². The van der Waals surface area contributed by atoms with Crippen molar-refractivity contribution in [2.45, 2.75) is 13.8 Å². The lowest BCUT2D eigenvalue weighted by molar-refractivity contribution is -0.134. The van der Waals surface area contributed by atoms with Crippen LogP contribution in [0.4, 0.5) is 0 Å². The van der Waals surface area contributed by atoms with E-state index in [1.54, 1.807) is 6.92 Å². The number of thioether (sulfide) groups is 1. The molecule has 1 N–H and O–H groups in total. The summed E-state index contributed by atoms with van der Waals surface area (Å²) in [6.07, 6.45) is 0. The lowest BCUT2D eigenvalue weighted by Crippen LogP contribution is -2.29. The van der Waals surface area contributed by atoms with Crippen molar-refractivity contribution >= 4 is 22.8 Å². The van der Waals surface area contributed by atoms with Gasteiger partial charge in [-0.15, -0.1) is 0 Å². The molecule has 0 aliphatic heterocycles. The molecule has 70 valence electrons. The van der Waals surface area contributed by atoms with Crippen LogP contribution in [0.5, 0.6) is 0 Å². The molecule has 5 heteroatoms. The van der Waals surface area contributed by atoms with Crippen LogP contribution in [0.25, 0.3) is 0 Å². The fourth-order valence-electron chi connectivity index (χ4n) is 0.519. The standard InChI is InChI=1S/C7H13NO3S/c1-5(4-12-6(2)9)7(10)8-11-3/h5H,4H2,1-3H3,(H,8,10)/t5-/m0/s1. The smallest absolute Gasteiger partial charge is 0.247 e. The fourth-order valence-corrected chi connectivity index (χ4v) is 1.16. The molecule has 1 atom stereocenters. The molecule has 0 saturated heterocycles. The van der Waals surface area contributed by atoms with Crippen molar-refractivity contribution < 1.29 is 14.4 Å². The summed E-state index contributed by atoms with van der Waals surface area (Å²) in [5.41, 5.74) is 2.21. The van der Waals surface area contributed by atoms with Crippen molar-refractivity contribution in [1.29, 1.82) is 0 Å². The third kappa shape index (κ3) is 5.15. The number of carbonyl (C=O) groups is 2. The summed E-state index contributed by atoms with van der Waals surface area (Å²) in [6, 6.07) is 0. The third-order valence-electron chi connectivity index (χ3n) is 1.19. The highest BCUT2D eigenvalue weighted by molar-refractivity contribution is 8.13. The van der Waals surface area contributed by atoms with Gasteiger partial charge in [0, 0.05) is 18.6 Å². The van der Waals surface area contributed by atoms with Gasteiger partial charge in [-0.05, 0) is 0 Å². The summed E-state index contributed by atoms with van der Waals surface area (Å²) >= 11 is 1.14. The lowest BCUT2D eigenvalue weighted by atomic mass is 10.2. The number of amides is 1. The Kier molecular flexibility index (Phi) is 5.74. The Hall–Kier alpha value is -0.550. The Morgan fingerprint density at radius 1 is 1.58 bits per heavy atom. The summed E-state index contributed by atoms with van der Waals surface area (Å²) in [7, 11) is 1.38. The zero-order valence-corrected chi connectivity index (χ0v) is 8.23. The SMILES string of the molecule is CONC(=O)[C@@H](C)CSC(C)=O. The van der Waals surface area contributed by atoms with Crippen LogP contribution in [0.3, 0.4) is 0 Å². The second kappa shape index (κ2) is 6.02. The summed E-state index contributed by atoms with van der Waals surface area (Å²) in [4.78, 5) is 26.0. The van der Waals surface area contributed by atoms with E-state index in [9.17, 15) is 9.59 Å². The van der Waals surface area contributed by atoms with Crippen molar-refractivity contribution in [3.8, 4) is 0 Å². The minimum Gasteiger partial charge on any atom is -0.288 e. The van der Waals surface area contributed by atoms with Crippen LogP contribution in [0, 0.1) is 5.92 Å². The van der Waals surface area contributed by atoms with E-state index in [4.69, 9.17) is 0 Å².